The van der Waals surface area contributed by atoms with Crippen LogP contribution in [0.2, 0.25) is 0 Å². The Morgan fingerprint density at radius 2 is 1.94 bits per heavy atom. The Hall–Kier alpha value is -4.06. The van der Waals surface area contributed by atoms with Gasteiger partial charge in [0.2, 0.25) is 0 Å². The molecule has 1 N–H and O–H groups in total. The summed E-state index contributed by atoms with van der Waals surface area (Å²) in [5.74, 6) is -0.0856. The summed E-state index contributed by atoms with van der Waals surface area (Å²) in [6.45, 7) is 2.75. The topological polar surface area (TPSA) is 81.8 Å². The molecule has 166 valence electrons. The van der Waals surface area contributed by atoms with Gasteiger partial charge in [-0.3, -0.25) is 4.79 Å². The number of rotatable bonds is 6. The summed E-state index contributed by atoms with van der Waals surface area (Å²) >= 11 is 0. The summed E-state index contributed by atoms with van der Waals surface area (Å²) in [4.78, 5) is 11.5. The third-order valence-corrected chi connectivity index (χ3v) is 5.84. The van der Waals surface area contributed by atoms with Gasteiger partial charge in [0.05, 0.1) is 17.7 Å². The van der Waals surface area contributed by atoms with Crippen LogP contribution in [-0.4, -0.2) is 16.2 Å². The number of hydrogen-bond acceptors (Lipinski definition) is 5. The highest BCUT2D eigenvalue weighted by Gasteiger charge is 2.30. The van der Waals surface area contributed by atoms with Gasteiger partial charge in [-0.05, 0) is 35.7 Å². The lowest BCUT2D eigenvalue weighted by Crippen LogP contribution is -2.09. The fourth-order valence-electron chi connectivity index (χ4n) is 4.12. The lowest BCUT2D eigenvalue weighted by molar-refractivity contribution is -0.137. The zero-order valence-corrected chi connectivity index (χ0v) is 18.2. The molecule has 1 aliphatic rings. The van der Waals surface area contributed by atoms with Crippen molar-refractivity contribution in [3.63, 3.8) is 0 Å². The predicted molar refractivity (Wildman–Crippen MR) is 122 cm³/mol. The van der Waals surface area contributed by atoms with Crippen molar-refractivity contribution in [3.05, 3.63) is 101 Å². The molecule has 0 aliphatic carbocycles. The lowest BCUT2D eigenvalue weighted by Gasteiger charge is -2.16. The Morgan fingerprint density at radius 1 is 1.09 bits per heavy atom. The SMILES string of the molecule is Cc1ccc(-c2cccc(COc3ccc4c(c3)OCc3conc3C4CC(=O)O)c2)cc1. The molecule has 2 heterocycles. The molecule has 1 aliphatic heterocycles. The highest BCUT2D eigenvalue weighted by Crippen LogP contribution is 2.40. The molecule has 3 aromatic carbocycles. The van der Waals surface area contributed by atoms with E-state index >= 15 is 0 Å². The normalized spacial score (nSPS) is 14.5. The van der Waals surface area contributed by atoms with Crippen LogP contribution in [0.15, 0.2) is 77.5 Å². The molecule has 33 heavy (non-hydrogen) atoms. The third kappa shape index (κ3) is 4.46. The molecule has 6 nitrogen and oxygen atoms in total. The van der Waals surface area contributed by atoms with Gasteiger partial charge in [0.25, 0.3) is 0 Å². The number of benzene rings is 3. The number of nitrogens with zero attached hydrogens (tertiary/aromatic N) is 1. The lowest BCUT2D eigenvalue weighted by atomic mass is 9.90. The van der Waals surface area contributed by atoms with Crippen LogP contribution in [0.25, 0.3) is 11.1 Å². The van der Waals surface area contributed by atoms with Crippen LogP contribution in [0.4, 0.5) is 0 Å². The number of carboxylic acids is 1. The zero-order valence-electron chi connectivity index (χ0n) is 18.2. The van der Waals surface area contributed by atoms with Crippen LogP contribution < -0.4 is 9.47 Å². The minimum atomic E-state index is -0.907. The van der Waals surface area contributed by atoms with Crippen molar-refractivity contribution < 1.29 is 23.9 Å². The van der Waals surface area contributed by atoms with Gasteiger partial charge in [-0.25, -0.2) is 0 Å². The molecule has 6 heteroatoms. The van der Waals surface area contributed by atoms with Crippen LogP contribution in [0.3, 0.4) is 0 Å². The number of aryl methyl sites for hydroxylation is 1. The first-order valence-corrected chi connectivity index (χ1v) is 10.8. The van der Waals surface area contributed by atoms with E-state index in [0.717, 1.165) is 27.8 Å². The fraction of sp³-hybridized carbons (Fsp3) is 0.185. The summed E-state index contributed by atoms with van der Waals surface area (Å²) in [6.07, 6.45) is 1.41. The maximum Gasteiger partial charge on any atom is 0.304 e. The molecular formula is C27H23NO5. The highest BCUT2D eigenvalue weighted by molar-refractivity contribution is 5.69. The van der Waals surface area contributed by atoms with Gasteiger partial charge < -0.3 is 19.1 Å². The minimum absolute atomic E-state index is 0.0953. The standard InChI is InChI=1S/C27H23NO5/c1-17-5-7-19(8-6-17)20-4-2-3-18(11-20)14-31-22-9-10-23-24(13-26(29)30)27-21(16-33-28-27)15-32-25(23)12-22/h2-12,16,24H,13-15H2,1H3,(H,29,30). The monoisotopic (exact) mass is 441 g/mol. The van der Waals surface area contributed by atoms with Crippen LogP contribution in [-0.2, 0) is 18.0 Å². The maximum atomic E-state index is 11.5. The Kier molecular flexibility index (Phi) is 5.57. The van der Waals surface area contributed by atoms with Gasteiger partial charge in [-0.2, -0.15) is 0 Å². The number of ether oxygens (including phenoxy) is 2. The van der Waals surface area contributed by atoms with Crippen molar-refractivity contribution in [2.45, 2.75) is 32.5 Å². The first-order valence-electron chi connectivity index (χ1n) is 10.8. The Balaban J connectivity index is 1.35. The zero-order chi connectivity index (χ0) is 22.8. The van der Waals surface area contributed by atoms with Gasteiger partial charge in [0.1, 0.15) is 31.0 Å². The number of aliphatic carboxylic acids is 1. The second-order valence-corrected chi connectivity index (χ2v) is 8.22. The van der Waals surface area contributed by atoms with Crippen molar-refractivity contribution >= 4 is 5.97 Å². The van der Waals surface area contributed by atoms with E-state index < -0.39 is 11.9 Å². The number of aromatic nitrogens is 1. The Morgan fingerprint density at radius 3 is 2.76 bits per heavy atom. The van der Waals surface area contributed by atoms with Gasteiger partial charge in [-0.15, -0.1) is 0 Å². The number of carbonyl (C=O) groups is 1. The molecular weight excluding hydrogens is 418 g/mol. The molecule has 0 bridgehead atoms. The summed E-state index contributed by atoms with van der Waals surface area (Å²) in [6, 6.07) is 22.2. The number of fused-ring (bicyclic) bond motifs is 2. The summed E-state index contributed by atoms with van der Waals surface area (Å²) in [5.41, 5.74) is 6.72. The summed E-state index contributed by atoms with van der Waals surface area (Å²) < 4.78 is 17.1. The first kappa shape index (κ1) is 20.8. The second-order valence-electron chi connectivity index (χ2n) is 8.22. The van der Waals surface area contributed by atoms with E-state index in [0.29, 0.717) is 23.8 Å². The first-order chi connectivity index (χ1) is 16.1. The van der Waals surface area contributed by atoms with Crippen molar-refractivity contribution in [1.82, 2.24) is 5.16 Å². The molecule has 1 atom stereocenters. The maximum absolute atomic E-state index is 11.5. The quantitative estimate of drug-likeness (QED) is 0.412. The summed E-state index contributed by atoms with van der Waals surface area (Å²) in [5, 5.41) is 13.4. The van der Waals surface area contributed by atoms with Gasteiger partial charge >= 0.3 is 5.97 Å². The Labute approximate surface area is 191 Å². The smallest absolute Gasteiger partial charge is 0.304 e. The average Bonchev–Trinajstić information content (AvgIpc) is 3.24. The van der Waals surface area contributed by atoms with E-state index in [1.54, 1.807) is 0 Å². The van der Waals surface area contributed by atoms with Gasteiger partial charge in [-0.1, -0.05) is 59.3 Å². The van der Waals surface area contributed by atoms with E-state index in [-0.39, 0.29) is 13.0 Å². The molecule has 1 unspecified atom stereocenters. The van der Waals surface area contributed by atoms with Crippen molar-refractivity contribution in [2.75, 3.05) is 0 Å². The Bertz CT molecular complexity index is 1290. The predicted octanol–water partition coefficient (Wildman–Crippen LogP) is 5.73. The average molecular weight is 441 g/mol. The molecule has 0 amide bonds. The molecule has 0 radical (unpaired) electrons. The number of hydrogen-bond donors (Lipinski definition) is 1. The minimum Gasteiger partial charge on any atom is -0.489 e. The van der Waals surface area contributed by atoms with E-state index in [4.69, 9.17) is 14.0 Å². The van der Waals surface area contributed by atoms with E-state index in [1.807, 2.05) is 30.3 Å². The third-order valence-electron chi connectivity index (χ3n) is 5.84. The molecule has 0 fully saturated rings. The van der Waals surface area contributed by atoms with Gasteiger partial charge in [0, 0.05) is 17.5 Å². The van der Waals surface area contributed by atoms with E-state index in [9.17, 15) is 9.90 Å². The highest BCUT2D eigenvalue weighted by atomic mass is 16.5. The largest absolute Gasteiger partial charge is 0.489 e. The molecule has 5 rings (SSSR count). The van der Waals surface area contributed by atoms with Crippen molar-refractivity contribution in [1.29, 1.82) is 0 Å². The van der Waals surface area contributed by atoms with E-state index in [2.05, 4.69) is 48.5 Å². The van der Waals surface area contributed by atoms with E-state index in [1.165, 1.54) is 11.8 Å². The molecule has 0 saturated heterocycles. The number of carboxylic acid groups (broad SMARTS) is 1. The van der Waals surface area contributed by atoms with Crippen LogP contribution in [0.1, 0.15) is 40.3 Å². The van der Waals surface area contributed by atoms with Crippen LogP contribution in [0.5, 0.6) is 11.5 Å². The van der Waals surface area contributed by atoms with Crippen molar-refractivity contribution in [3.8, 4) is 22.6 Å². The second kappa shape index (κ2) is 8.82. The van der Waals surface area contributed by atoms with Crippen LogP contribution in [0, 0.1) is 6.92 Å². The van der Waals surface area contributed by atoms with Crippen molar-refractivity contribution in [2.24, 2.45) is 0 Å². The van der Waals surface area contributed by atoms with Crippen LogP contribution >= 0.6 is 0 Å². The fourth-order valence-corrected chi connectivity index (χ4v) is 4.12. The molecule has 0 spiro atoms. The molecule has 0 saturated carbocycles. The van der Waals surface area contributed by atoms with Gasteiger partial charge in [0.15, 0.2) is 0 Å². The summed E-state index contributed by atoms with van der Waals surface area (Å²) in [7, 11) is 0. The molecule has 4 aromatic rings. The molecule has 1 aromatic heterocycles.